The van der Waals surface area contributed by atoms with Crippen LogP contribution in [0.25, 0.3) is 0 Å². The van der Waals surface area contributed by atoms with Crippen LogP contribution in [0.2, 0.25) is 0 Å². The van der Waals surface area contributed by atoms with Gasteiger partial charge in [-0.25, -0.2) is 21.6 Å². The Bertz CT molecular complexity index is 176. The molecule has 0 spiro atoms. The summed E-state index contributed by atoms with van der Waals surface area (Å²) in [4.78, 5) is 0. The van der Waals surface area contributed by atoms with Crippen molar-refractivity contribution in [2.75, 3.05) is 0 Å². The van der Waals surface area contributed by atoms with Gasteiger partial charge in [-0.05, 0) is 0 Å². The predicted octanol–water partition coefficient (Wildman–Crippen LogP) is 1.12. The smallest absolute Gasteiger partial charge is 0.222 e. The van der Waals surface area contributed by atoms with Crippen LogP contribution in [-0.2, 0) is 9.05 Å². The van der Waals surface area contributed by atoms with Gasteiger partial charge in [0.05, 0.1) is 0 Å². The van der Waals surface area contributed by atoms with Crippen molar-refractivity contribution in [3.05, 3.63) is 0 Å². The normalized spacial score (nSPS) is 16.1. The standard InChI is InChI=1S/C2H2ClF3O2S/c3-9(7,8)2(6)1(4)5/h1-2H. The minimum atomic E-state index is -4.75. The van der Waals surface area contributed by atoms with E-state index in [1.807, 2.05) is 0 Å². The van der Waals surface area contributed by atoms with Crippen LogP contribution in [-0.4, -0.2) is 20.3 Å². The summed E-state index contributed by atoms with van der Waals surface area (Å²) in [7, 11) is -0.551. The lowest BCUT2D eigenvalue weighted by atomic mass is 10.8. The number of alkyl halides is 3. The highest BCUT2D eigenvalue weighted by Gasteiger charge is 2.31. The van der Waals surface area contributed by atoms with Gasteiger partial charge in [0.1, 0.15) is 0 Å². The van der Waals surface area contributed by atoms with E-state index in [1.54, 1.807) is 0 Å². The molecule has 0 bridgehead atoms. The lowest BCUT2D eigenvalue weighted by Gasteiger charge is -1.99. The Kier molecular flexibility index (Phi) is 2.75. The molecule has 0 radical (unpaired) electrons. The minimum absolute atomic E-state index is 3.28. The molecule has 0 heterocycles. The molecule has 0 rings (SSSR count). The molecule has 1 atom stereocenters. The Hall–Kier alpha value is 0.0300. The van der Waals surface area contributed by atoms with Crippen LogP contribution in [0.5, 0.6) is 0 Å². The zero-order valence-electron chi connectivity index (χ0n) is 3.89. The molecule has 0 aliphatic rings. The summed E-state index contributed by atoms with van der Waals surface area (Å²) in [6.45, 7) is 0. The second-order valence-corrected chi connectivity index (χ2v) is 3.85. The third-order valence-electron chi connectivity index (χ3n) is 0.467. The zero-order chi connectivity index (χ0) is 7.65. The van der Waals surface area contributed by atoms with Gasteiger partial charge in [0.15, 0.2) is 0 Å². The van der Waals surface area contributed by atoms with Crippen LogP contribution in [0.1, 0.15) is 0 Å². The Labute approximate surface area is 54.0 Å². The van der Waals surface area contributed by atoms with Crippen LogP contribution in [0.3, 0.4) is 0 Å². The maximum atomic E-state index is 11.6. The minimum Gasteiger partial charge on any atom is -0.222 e. The van der Waals surface area contributed by atoms with Gasteiger partial charge in [-0.1, -0.05) is 0 Å². The molecule has 0 amide bonds. The Balaban J connectivity index is 4.24. The first-order chi connectivity index (χ1) is 3.85. The molecule has 2 nitrogen and oxygen atoms in total. The maximum absolute atomic E-state index is 11.6. The van der Waals surface area contributed by atoms with E-state index in [4.69, 9.17) is 0 Å². The van der Waals surface area contributed by atoms with Crippen LogP contribution in [0.15, 0.2) is 0 Å². The van der Waals surface area contributed by atoms with Crippen LogP contribution < -0.4 is 0 Å². The SMILES string of the molecule is O=S(=O)(Cl)C(F)C(F)F. The Morgan fingerprint density at radius 3 is 1.56 bits per heavy atom. The average molecular weight is 183 g/mol. The van der Waals surface area contributed by atoms with Crippen molar-refractivity contribution in [2.45, 2.75) is 11.9 Å². The molecule has 7 heteroatoms. The third kappa shape index (κ3) is 2.90. The van der Waals surface area contributed by atoms with Gasteiger partial charge in [-0.3, -0.25) is 0 Å². The molecular formula is C2H2ClF3O2S. The van der Waals surface area contributed by atoms with E-state index in [9.17, 15) is 21.6 Å². The highest BCUT2D eigenvalue weighted by Crippen LogP contribution is 2.15. The van der Waals surface area contributed by atoms with Crippen molar-refractivity contribution in [1.29, 1.82) is 0 Å². The van der Waals surface area contributed by atoms with E-state index in [0.717, 1.165) is 0 Å². The summed E-state index contributed by atoms with van der Waals surface area (Å²) in [6.07, 6.45) is -3.58. The van der Waals surface area contributed by atoms with Crippen molar-refractivity contribution in [1.82, 2.24) is 0 Å². The van der Waals surface area contributed by atoms with Crippen molar-refractivity contribution in [3.63, 3.8) is 0 Å². The van der Waals surface area contributed by atoms with Crippen molar-refractivity contribution < 1.29 is 21.6 Å². The molecule has 1 unspecified atom stereocenters. The van der Waals surface area contributed by atoms with E-state index in [2.05, 4.69) is 10.7 Å². The Morgan fingerprint density at radius 1 is 1.22 bits per heavy atom. The van der Waals surface area contributed by atoms with Crippen LogP contribution >= 0.6 is 10.7 Å². The maximum Gasteiger partial charge on any atom is 0.285 e. The lowest BCUT2D eigenvalue weighted by molar-refractivity contribution is 0.0913. The monoisotopic (exact) mass is 182 g/mol. The zero-order valence-corrected chi connectivity index (χ0v) is 5.46. The molecule has 0 aromatic heterocycles. The summed E-state index contributed by atoms with van der Waals surface area (Å²) >= 11 is 0. The van der Waals surface area contributed by atoms with Crippen molar-refractivity contribution in [2.24, 2.45) is 0 Å². The van der Waals surface area contributed by atoms with Gasteiger partial charge in [-0.2, -0.15) is 0 Å². The van der Waals surface area contributed by atoms with Crippen LogP contribution in [0.4, 0.5) is 13.2 Å². The first-order valence-electron chi connectivity index (χ1n) is 1.71. The molecule has 0 aromatic rings. The lowest BCUT2D eigenvalue weighted by Crippen LogP contribution is -2.18. The number of hydrogen-bond acceptors (Lipinski definition) is 2. The second kappa shape index (κ2) is 2.74. The average Bonchev–Trinajstić information content (AvgIpc) is 1.62. The molecule has 0 N–H and O–H groups in total. The summed E-state index contributed by atoms with van der Waals surface area (Å²) in [5.74, 6) is 0. The number of halogens is 4. The van der Waals surface area contributed by atoms with Gasteiger partial charge in [0.2, 0.25) is 0 Å². The summed E-state index contributed by atoms with van der Waals surface area (Å²) in [5.41, 5.74) is -3.28. The second-order valence-electron chi connectivity index (χ2n) is 1.16. The quantitative estimate of drug-likeness (QED) is 0.600. The topological polar surface area (TPSA) is 34.1 Å². The first kappa shape index (κ1) is 9.03. The summed E-state index contributed by atoms with van der Waals surface area (Å²) in [6, 6.07) is 0. The van der Waals surface area contributed by atoms with Crippen molar-refractivity contribution in [3.8, 4) is 0 Å². The van der Waals surface area contributed by atoms with Gasteiger partial charge in [0.25, 0.3) is 21.0 Å². The van der Waals surface area contributed by atoms with E-state index < -0.39 is 21.0 Å². The molecule has 56 valence electrons. The largest absolute Gasteiger partial charge is 0.285 e. The summed E-state index contributed by atoms with van der Waals surface area (Å²) < 4.78 is 53.1. The fourth-order valence-corrected chi connectivity index (χ4v) is 0.602. The van der Waals surface area contributed by atoms with E-state index >= 15 is 0 Å². The van der Waals surface area contributed by atoms with E-state index in [-0.39, 0.29) is 0 Å². The molecule has 0 aliphatic heterocycles. The third-order valence-corrected chi connectivity index (χ3v) is 1.72. The highest BCUT2D eigenvalue weighted by molar-refractivity contribution is 8.14. The molecule has 0 fully saturated rings. The van der Waals surface area contributed by atoms with Gasteiger partial charge >= 0.3 is 0 Å². The molecule has 0 aromatic carbocycles. The molecule has 0 aliphatic carbocycles. The Morgan fingerprint density at radius 2 is 1.56 bits per heavy atom. The number of hydrogen-bond donors (Lipinski definition) is 0. The summed E-state index contributed by atoms with van der Waals surface area (Å²) in [5, 5.41) is 0. The molecule has 0 saturated carbocycles. The fraction of sp³-hybridized carbons (Fsp3) is 1.00. The first-order valence-corrected chi connectivity index (χ1v) is 4.08. The fourth-order valence-electron chi connectivity index (χ4n) is 0.123. The molecular weight excluding hydrogens is 181 g/mol. The van der Waals surface area contributed by atoms with Gasteiger partial charge in [0, 0.05) is 10.7 Å². The molecule has 0 saturated heterocycles. The molecule has 9 heavy (non-hydrogen) atoms. The van der Waals surface area contributed by atoms with E-state index in [0.29, 0.717) is 0 Å². The highest BCUT2D eigenvalue weighted by atomic mass is 35.7. The van der Waals surface area contributed by atoms with Gasteiger partial charge in [-0.15, -0.1) is 0 Å². The van der Waals surface area contributed by atoms with Crippen LogP contribution in [0, 0.1) is 0 Å². The van der Waals surface area contributed by atoms with Gasteiger partial charge < -0.3 is 0 Å². The number of rotatable bonds is 2. The predicted molar refractivity (Wildman–Crippen MR) is 25.7 cm³/mol. The van der Waals surface area contributed by atoms with E-state index in [1.165, 1.54) is 0 Å². The van der Waals surface area contributed by atoms with Crippen molar-refractivity contribution >= 4 is 19.7 Å².